The number of nitrogens with zero attached hydrogens (tertiary/aromatic N) is 4. The number of thiazole rings is 1. The molecule has 0 saturated heterocycles. The topological polar surface area (TPSA) is 74.8 Å². The van der Waals surface area contributed by atoms with Crippen LogP contribution in [0.3, 0.4) is 0 Å². The Morgan fingerprint density at radius 3 is 2.93 bits per heavy atom. The maximum atomic E-state index is 12.2. The van der Waals surface area contributed by atoms with E-state index in [0.717, 1.165) is 29.0 Å². The van der Waals surface area contributed by atoms with E-state index in [1.807, 2.05) is 17.5 Å². The van der Waals surface area contributed by atoms with Gasteiger partial charge in [-0.3, -0.25) is 14.8 Å². The number of carbonyl (C=O) groups is 1. The van der Waals surface area contributed by atoms with Crippen LogP contribution in [0.15, 0.2) is 34.8 Å². The van der Waals surface area contributed by atoms with Crippen LogP contribution < -0.4 is 4.90 Å². The van der Waals surface area contributed by atoms with Crippen molar-refractivity contribution >= 4 is 51.4 Å². The van der Waals surface area contributed by atoms with E-state index in [9.17, 15) is 4.79 Å². The number of rotatable bonds is 8. The standard InChI is InChI=1S/C21H24ClN5OS2/c1-14(28)27(18-8-4-7-16(22)11-18)21-23-17(13-30-21)12-29-20-24-19(25-26-20)10-9-15-5-2-3-6-15/h4,7-8,11,13,15H,2-3,5-6,9-10,12H2,1H3,(H,24,25,26). The lowest BCUT2D eigenvalue weighted by atomic mass is 10.0. The van der Waals surface area contributed by atoms with Gasteiger partial charge in [-0.15, -0.1) is 16.4 Å². The quantitative estimate of drug-likeness (QED) is 0.415. The van der Waals surface area contributed by atoms with Gasteiger partial charge in [-0.25, -0.2) is 9.97 Å². The van der Waals surface area contributed by atoms with Crippen molar-refractivity contribution in [1.29, 1.82) is 0 Å². The van der Waals surface area contributed by atoms with Gasteiger partial charge in [-0.05, 0) is 30.5 Å². The van der Waals surface area contributed by atoms with Crippen molar-refractivity contribution in [3.8, 4) is 0 Å². The molecule has 6 nitrogen and oxygen atoms in total. The molecule has 0 aliphatic heterocycles. The number of aryl methyl sites for hydroxylation is 1. The van der Waals surface area contributed by atoms with Crippen molar-refractivity contribution in [2.24, 2.45) is 5.92 Å². The lowest BCUT2D eigenvalue weighted by Gasteiger charge is -2.18. The second-order valence-corrected chi connectivity index (χ2v) is 9.71. The number of aromatic amines is 1. The molecule has 2 heterocycles. The largest absolute Gasteiger partial charge is 0.274 e. The van der Waals surface area contributed by atoms with Gasteiger partial charge in [0.2, 0.25) is 11.1 Å². The third-order valence-corrected chi connectivity index (χ3v) is 7.23. The molecule has 1 amide bonds. The van der Waals surface area contributed by atoms with Crippen molar-refractivity contribution in [1.82, 2.24) is 20.2 Å². The molecule has 158 valence electrons. The molecule has 0 unspecified atom stereocenters. The van der Waals surface area contributed by atoms with Crippen LogP contribution in [-0.2, 0) is 17.0 Å². The number of aromatic nitrogens is 4. The van der Waals surface area contributed by atoms with Gasteiger partial charge in [0.1, 0.15) is 5.82 Å². The summed E-state index contributed by atoms with van der Waals surface area (Å²) >= 11 is 9.08. The zero-order valence-electron chi connectivity index (χ0n) is 16.8. The summed E-state index contributed by atoms with van der Waals surface area (Å²) in [6, 6.07) is 7.22. The Bertz CT molecular complexity index is 999. The fourth-order valence-electron chi connectivity index (χ4n) is 3.74. The Hall–Kier alpha value is -1.90. The molecule has 1 aliphatic rings. The van der Waals surface area contributed by atoms with Gasteiger partial charge in [-0.2, -0.15) is 0 Å². The number of carbonyl (C=O) groups excluding carboxylic acids is 1. The molecule has 4 rings (SSSR count). The highest BCUT2D eigenvalue weighted by Crippen LogP contribution is 2.32. The minimum Gasteiger partial charge on any atom is -0.274 e. The van der Waals surface area contributed by atoms with Crippen LogP contribution >= 0.6 is 34.7 Å². The number of amides is 1. The Morgan fingerprint density at radius 1 is 1.33 bits per heavy atom. The highest BCUT2D eigenvalue weighted by atomic mass is 35.5. The van der Waals surface area contributed by atoms with Crippen LogP contribution in [0, 0.1) is 5.92 Å². The number of hydrogen-bond donors (Lipinski definition) is 1. The Morgan fingerprint density at radius 2 is 2.17 bits per heavy atom. The normalized spacial score (nSPS) is 14.3. The molecule has 1 aliphatic carbocycles. The maximum Gasteiger partial charge on any atom is 0.230 e. The zero-order chi connectivity index (χ0) is 20.9. The predicted octanol–water partition coefficient (Wildman–Crippen LogP) is 6.01. The smallest absolute Gasteiger partial charge is 0.230 e. The molecule has 1 fully saturated rings. The van der Waals surface area contributed by atoms with Crippen molar-refractivity contribution < 1.29 is 4.79 Å². The second-order valence-electron chi connectivity index (χ2n) is 7.50. The molecule has 3 aromatic rings. The lowest BCUT2D eigenvalue weighted by Crippen LogP contribution is -2.22. The summed E-state index contributed by atoms with van der Waals surface area (Å²) in [7, 11) is 0. The summed E-state index contributed by atoms with van der Waals surface area (Å²) in [4.78, 5) is 23.1. The second kappa shape index (κ2) is 9.94. The molecule has 9 heteroatoms. The van der Waals surface area contributed by atoms with Gasteiger partial charge in [-0.1, -0.05) is 55.1 Å². The molecule has 1 saturated carbocycles. The van der Waals surface area contributed by atoms with Crippen molar-refractivity contribution in [3.63, 3.8) is 0 Å². The Balaban J connectivity index is 1.35. The first-order valence-corrected chi connectivity index (χ1v) is 12.4. The van der Waals surface area contributed by atoms with Crippen LogP contribution in [0.1, 0.15) is 50.5 Å². The van der Waals surface area contributed by atoms with Gasteiger partial charge >= 0.3 is 0 Å². The average molecular weight is 462 g/mol. The van der Waals surface area contributed by atoms with E-state index in [2.05, 4.69) is 20.2 Å². The number of benzene rings is 1. The molecule has 1 aromatic carbocycles. The molecule has 30 heavy (non-hydrogen) atoms. The molecule has 2 aromatic heterocycles. The van der Waals surface area contributed by atoms with Crippen molar-refractivity contribution in [2.75, 3.05) is 4.90 Å². The van der Waals surface area contributed by atoms with E-state index in [1.165, 1.54) is 50.4 Å². The van der Waals surface area contributed by atoms with Gasteiger partial charge < -0.3 is 0 Å². The fourth-order valence-corrected chi connectivity index (χ4v) is 5.63. The van der Waals surface area contributed by atoms with Gasteiger partial charge in [0, 0.05) is 29.5 Å². The SMILES string of the molecule is CC(=O)N(c1cccc(Cl)c1)c1nc(CSc2n[nH]c(CCC3CCCC3)n2)cs1. The summed E-state index contributed by atoms with van der Waals surface area (Å²) in [5, 5.41) is 11.3. The Labute approximate surface area is 189 Å². The molecule has 1 N–H and O–H groups in total. The summed E-state index contributed by atoms with van der Waals surface area (Å²) in [5.74, 6) is 2.36. The van der Waals surface area contributed by atoms with Crippen LogP contribution in [0.2, 0.25) is 5.02 Å². The van der Waals surface area contributed by atoms with Crippen LogP contribution in [-0.4, -0.2) is 26.1 Å². The third kappa shape index (κ3) is 5.42. The molecule has 0 bridgehead atoms. The first kappa shape index (κ1) is 21.3. The number of H-pyrrole nitrogens is 1. The summed E-state index contributed by atoms with van der Waals surface area (Å²) in [6.45, 7) is 1.53. The molecular formula is C21H24ClN5OS2. The lowest BCUT2D eigenvalue weighted by molar-refractivity contribution is -0.115. The first-order valence-electron chi connectivity index (χ1n) is 10.1. The minimum atomic E-state index is -0.105. The maximum absolute atomic E-state index is 12.2. The number of halogens is 1. The summed E-state index contributed by atoms with van der Waals surface area (Å²) < 4.78 is 0. The highest BCUT2D eigenvalue weighted by Gasteiger charge is 2.19. The molecular weight excluding hydrogens is 438 g/mol. The third-order valence-electron chi connectivity index (χ3n) is 5.24. The van der Waals surface area contributed by atoms with Crippen LogP contribution in [0.4, 0.5) is 10.8 Å². The number of thioether (sulfide) groups is 1. The summed E-state index contributed by atoms with van der Waals surface area (Å²) in [5.41, 5.74) is 1.61. The van der Waals surface area contributed by atoms with Crippen LogP contribution in [0.5, 0.6) is 0 Å². The molecule has 0 spiro atoms. The highest BCUT2D eigenvalue weighted by molar-refractivity contribution is 7.98. The van der Waals surface area contributed by atoms with E-state index in [-0.39, 0.29) is 5.91 Å². The molecule has 0 radical (unpaired) electrons. The van der Waals surface area contributed by atoms with Crippen molar-refractivity contribution in [2.45, 2.75) is 56.4 Å². The van der Waals surface area contributed by atoms with E-state index in [0.29, 0.717) is 21.6 Å². The van der Waals surface area contributed by atoms with E-state index in [1.54, 1.807) is 28.8 Å². The monoisotopic (exact) mass is 461 g/mol. The average Bonchev–Trinajstić information content (AvgIpc) is 3.47. The predicted molar refractivity (Wildman–Crippen MR) is 123 cm³/mol. The Kier molecular flexibility index (Phi) is 7.07. The van der Waals surface area contributed by atoms with Gasteiger partial charge in [0.05, 0.1) is 11.4 Å². The van der Waals surface area contributed by atoms with Gasteiger partial charge in [0.25, 0.3) is 0 Å². The summed E-state index contributed by atoms with van der Waals surface area (Å²) in [6.07, 6.45) is 7.61. The van der Waals surface area contributed by atoms with E-state index < -0.39 is 0 Å². The first-order chi connectivity index (χ1) is 14.6. The van der Waals surface area contributed by atoms with Gasteiger partial charge in [0.15, 0.2) is 5.13 Å². The fraction of sp³-hybridized carbons (Fsp3) is 0.429. The number of nitrogens with one attached hydrogen (secondary N) is 1. The number of hydrogen-bond acceptors (Lipinski definition) is 6. The van der Waals surface area contributed by atoms with Crippen LogP contribution in [0.25, 0.3) is 0 Å². The van der Waals surface area contributed by atoms with E-state index in [4.69, 9.17) is 11.6 Å². The molecule has 0 atom stereocenters. The van der Waals surface area contributed by atoms with E-state index >= 15 is 0 Å². The van der Waals surface area contributed by atoms with Crippen molar-refractivity contribution in [3.05, 3.63) is 46.2 Å². The number of anilines is 2. The zero-order valence-corrected chi connectivity index (χ0v) is 19.2. The minimum absolute atomic E-state index is 0.105.